The van der Waals surface area contributed by atoms with Crippen LogP contribution in [0.1, 0.15) is 89.8 Å². The molecule has 1 saturated carbocycles. The zero-order chi connectivity index (χ0) is 23.6. The van der Waals surface area contributed by atoms with E-state index in [1.165, 1.54) is 28.7 Å². The fourth-order valence-corrected chi connectivity index (χ4v) is 5.77. The lowest BCUT2D eigenvalue weighted by Crippen LogP contribution is -2.44. The van der Waals surface area contributed by atoms with Crippen molar-refractivity contribution in [2.45, 2.75) is 98.6 Å². The Hall–Kier alpha value is -2.10. The van der Waals surface area contributed by atoms with Gasteiger partial charge in [0.25, 0.3) is 0 Å². The zero-order valence-corrected chi connectivity index (χ0v) is 21.2. The van der Waals surface area contributed by atoms with Crippen molar-refractivity contribution in [2.75, 3.05) is 6.54 Å². The first-order chi connectivity index (χ1) is 15.0. The second kappa shape index (κ2) is 9.80. The molecular weight excluding hydrogens is 396 g/mol. The molecule has 1 N–H and O–H groups in total. The van der Waals surface area contributed by atoms with E-state index < -0.39 is 5.60 Å². The highest BCUT2D eigenvalue weighted by molar-refractivity contribution is 6.12. The van der Waals surface area contributed by atoms with Crippen LogP contribution in [0.2, 0.25) is 0 Å². The van der Waals surface area contributed by atoms with Gasteiger partial charge in [0.1, 0.15) is 5.60 Å². The highest BCUT2D eigenvalue weighted by Gasteiger charge is 2.47. The van der Waals surface area contributed by atoms with Crippen LogP contribution >= 0.6 is 0 Å². The molecule has 1 heterocycles. The Morgan fingerprint density at radius 1 is 1.16 bits per heavy atom. The Morgan fingerprint density at radius 2 is 1.81 bits per heavy atom. The zero-order valence-electron chi connectivity index (χ0n) is 21.2. The molecule has 1 aromatic carbocycles. The Morgan fingerprint density at radius 3 is 2.38 bits per heavy atom. The molecule has 3 rings (SSSR count). The maximum Gasteiger partial charge on any atom is 0.410 e. The molecule has 1 amide bonds. The van der Waals surface area contributed by atoms with E-state index in [-0.39, 0.29) is 12.1 Å². The van der Waals surface area contributed by atoms with Crippen LogP contribution in [0.5, 0.6) is 0 Å². The maximum atomic E-state index is 12.8. The Kier molecular flexibility index (Phi) is 7.52. The SMILES string of the molecule is CCC/C(C)=C(\CCC1CC2CC1N(C(=O)OC(C)(C)C)C2)C(=N)c1c(C)cccc1C. The summed E-state index contributed by atoms with van der Waals surface area (Å²) < 4.78 is 5.68. The number of likely N-dealkylation sites (tertiary alicyclic amines) is 1. The van der Waals surface area contributed by atoms with E-state index in [0.717, 1.165) is 44.2 Å². The fraction of sp³-hybridized carbons (Fsp3) is 0.643. The van der Waals surface area contributed by atoms with E-state index in [1.54, 1.807) is 0 Å². The lowest BCUT2D eigenvalue weighted by atomic mass is 9.85. The van der Waals surface area contributed by atoms with Gasteiger partial charge in [0.15, 0.2) is 0 Å². The largest absolute Gasteiger partial charge is 0.444 e. The van der Waals surface area contributed by atoms with Crippen molar-refractivity contribution >= 4 is 11.8 Å². The summed E-state index contributed by atoms with van der Waals surface area (Å²) in [5, 5.41) is 9.12. The Labute approximate surface area is 194 Å². The van der Waals surface area contributed by atoms with Crippen molar-refractivity contribution in [1.29, 1.82) is 5.41 Å². The number of hydrogen-bond donors (Lipinski definition) is 1. The molecule has 2 aliphatic rings. The summed E-state index contributed by atoms with van der Waals surface area (Å²) in [4.78, 5) is 14.7. The minimum Gasteiger partial charge on any atom is -0.444 e. The van der Waals surface area contributed by atoms with E-state index in [9.17, 15) is 4.79 Å². The number of allylic oxidation sites excluding steroid dienone is 2. The highest BCUT2D eigenvalue weighted by Crippen LogP contribution is 2.45. The van der Waals surface area contributed by atoms with Gasteiger partial charge in [-0.2, -0.15) is 0 Å². The third-order valence-electron chi connectivity index (χ3n) is 7.18. The van der Waals surface area contributed by atoms with E-state index in [2.05, 4.69) is 45.9 Å². The van der Waals surface area contributed by atoms with Crippen molar-refractivity contribution in [3.63, 3.8) is 0 Å². The number of benzene rings is 1. The van der Waals surface area contributed by atoms with Crippen molar-refractivity contribution in [2.24, 2.45) is 11.8 Å². The van der Waals surface area contributed by atoms with Crippen LogP contribution in [0.15, 0.2) is 29.3 Å². The van der Waals surface area contributed by atoms with Crippen molar-refractivity contribution in [1.82, 2.24) is 4.90 Å². The smallest absolute Gasteiger partial charge is 0.410 e. The number of ether oxygens (including phenoxy) is 1. The van der Waals surface area contributed by atoms with E-state index in [4.69, 9.17) is 10.1 Å². The molecule has 0 spiro atoms. The minimum atomic E-state index is -0.456. The molecule has 1 aliphatic heterocycles. The standard InChI is InChI=1S/C28H42N2O2/c1-8-10-18(2)23(26(29)25-19(3)11-9-12-20(25)4)14-13-22-15-21-16-24(22)30(17-21)27(31)32-28(5,6)7/h9,11-12,21-22,24,29H,8,10,13-17H2,1-7H3/b23-18+,29-26?. The van der Waals surface area contributed by atoms with Gasteiger partial charge < -0.3 is 9.64 Å². The molecule has 2 fully saturated rings. The van der Waals surface area contributed by atoms with Gasteiger partial charge in [-0.25, -0.2) is 4.79 Å². The fourth-order valence-electron chi connectivity index (χ4n) is 5.77. The number of nitrogens with one attached hydrogen (secondary N) is 1. The first-order valence-electron chi connectivity index (χ1n) is 12.4. The molecule has 176 valence electrons. The summed E-state index contributed by atoms with van der Waals surface area (Å²) in [6, 6.07) is 6.58. The topological polar surface area (TPSA) is 53.4 Å². The summed E-state index contributed by atoms with van der Waals surface area (Å²) in [7, 11) is 0. The molecule has 2 bridgehead atoms. The minimum absolute atomic E-state index is 0.157. The number of carbonyl (C=O) groups excluding carboxylic acids is 1. The van der Waals surface area contributed by atoms with Crippen LogP contribution in [0.25, 0.3) is 0 Å². The number of aryl methyl sites for hydroxylation is 2. The first kappa shape index (κ1) is 24.5. The second-order valence-corrected chi connectivity index (χ2v) is 11.0. The number of rotatable bonds is 7. The maximum absolute atomic E-state index is 12.8. The average molecular weight is 439 g/mol. The van der Waals surface area contributed by atoms with Gasteiger partial charge in [0.2, 0.25) is 0 Å². The van der Waals surface area contributed by atoms with E-state index >= 15 is 0 Å². The summed E-state index contributed by atoms with van der Waals surface area (Å²) in [6.07, 6.45) is 6.21. The molecule has 3 atom stereocenters. The van der Waals surface area contributed by atoms with Gasteiger partial charge in [-0.05, 0) is 102 Å². The van der Waals surface area contributed by atoms with Gasteiger partial charge in [-0.15, -0.1) is 0 Å². The normalized spacial score (nSPS) is 23.3. The summed E-state index contributed by atoms with van der Waals surface area (Å²) in [5.74, 6) is 1.09. The van der Waals surface area contributed by atoms with E-state index in [1.807, 2.05) is 25.7 Å². The summed E-state index contributed by atoms with van der Waals surface area (Å²) in [5.41, 5.74) is 6.21. The highest BCUT2D eigenvalue weighted by atomic mass is 16.6. The molecule has 0 aromatic heterocycles. The lowest BCUT2D eigenvalue weighted by molar-refractivity contribution is 0.0127. The van der Waals surface area contributed by atoms with Crippen LogP contribution in [-0.2, 0) is 4.74 Å². The Bertz CT molecular complexity index is 873. The average Bonchev–Trinajstić information content (AvgIpc) is 3.27. The lowest BCUT2D eigenvalue weighted by Gasteiger charge is -2.35. The monoisotopic (exact) mass is 438 g/mol. The number of amides is 1. The molecule has 32 heavy (non-hydrogen) atoms. The van der Waals surface area contributed by atoms with Crippen LogP contribution < -0.4 is 0 Å². The van der Waals surface area contributed by atoms with Gasteiger partial charge in [-0.3, -0.25) is 5.41 Å². The number of fused-ring (bicyclic) bond motifs is 2. The van der Waals surface area contributed by atoms with Gasteiger partial charge in [0.05, 0.1) is 5.71 Å². The molecule has 4 nitrogen and oxygen atoms in total. The number of nitrogens with zero attached hydrogens (tertiary/aromatic N) is 1. The van der Waals surface area contributed by atoms with Crippen LogP contribution in [0.4, 0.5) is 4.79 Å². The van der Waals surface area contributed by atoms with Gasteiger partial charge >= 0.3 is 6.09 Å². The Balaban J connectivity index is 1.75. The van der Waals surface area contributed by atoms with Crippen molar-refractivity contribution in [3.8, 4) is 0 Å². The predicted octanol–water partition coefficient (Wildman–Crippen LogP) is 7.21. The third-order valence-corrected chi connectivity index (χ3v) is 7.18. The van der Waals surface area contributed by atoms with Crippen LogP contribution in [0.3, 0.4) is 0 Å². The molecule has 1 saturated heterocycles. The number of piperidine rings is 1. The van der Waals surface area contributed by atoms with Crippen molar-refractivity contribution in [3.05, 3.63) is 46.0 Å². The van der Waals surface area contributed by atoms with Gasteiger partial charge in [-0.1, -0.05) is 37.1 Å². The molecule has 1 aliphatic carbocycles. The van der Waals surface area contributed by atoms with Crippen molar-refractivity contribution < 1.29 is 9.53 Å². The van der Waals surface area contributed by atoms with Crippen LogP contribution in [0, 0.1) is 31.1 Å². The second-order valence-electron chi connectivity index (χ2n) is 11.0. The molecule has 4 heteroatoms. The number of hydrogen-bond acceptors (Lipinski definition) is 3. The molecular formula is C28H42N2O2. The predicted molar refractivity (Wildman–Crippen MR) is 133 cm³/mol. The quantitative estimate of drug-likeness (QED) is 0.457. The molecule has 3 unspecified atom stereocenters. The first-order valence-corrected chi connectivity index (χ1v) is 12.4. The molecule has 1 aromatic rings. The van der Waals surface area contributed by atoms with Gasteiger partial charge in [0, 0.05) is 18.2 Å². The number of carbonyl (C=O) groups is 1. The summed E-state index contributed by atoms with van der Waals surface area (Å²) >= 11 is 0. The third kappa shape index (κ3) is 5.44. The summed E-state index contributed by atoms with van der Waals surface area (Å²) in [6.45, 7) is 15.3. The molecule has 0 radical (unpaired) electrons. The van der Waals surface area contributed by atoms with E-state index in [0.29, 0.717) is 17.5 Å². The van der Waals surface area contributed by atoms with Crippen LogP contribution in [-0.4, -0.2) is 34.9 Å².